The molecule has 9 heteroatoms. The van der Waals surface area contributed by atoms with Gasteiger partial charge in [-0.25, -0.2) is 4.79 Å². The average molecular weight is 510 g/mol. The summed E-state index contributed by atoms with van der Waals surface area (Å²) in [5, 5.41) is 9.25. The van der Waals surface area contributed by atoms with Gasteiger partial charge in [-0.3, -0.25) is 14.5 Å². The van der Waals surface area contributed by atoms with Gasteiger partial charge < -0.3 is 14.6 Å². The van der Waals surface area contributed by atoms with Gasteiger partial charge in [0.1, 0.15) is 6.61 Å². The molecule has 1 saturated heterocycles. The van der Waals surface area contributed by atoms with E-state index in [2.05, 4.69) is 0 Å². The number of rotatable bonds is 8. The minimum atomic E-state index is -0.988. The number of hydrogen-bond acceptors (Lipinski definition) is 6. The van der Waals surface area contributed by atoms with Crippen LogP contribution in [0.25, 0.3) is 6.08 Å². The Labute approximate surface area is 210 Å². The molecule has 3 aromatic rings. The molecular weight excluding hydrogens is 490 g/mol. The van der Waals surface area contributed by atoms with Crippen molar-refractivity contribution in [3.63, 3.8) is 0 Å². The molecular formula is C26H20ClNO6S. The van der Waals surface area contributed by atoms with E-state index in [1.165, 1.54) is 24.1 Å². The summed E-state index contributed by atoms with van der Waals surface area (Å²) in [5.74, 6) is -0.402. The Morgan fingerprint density at radius 2 is 1.69 bits per heavy atom. The maximum atomic E-state index is 12.8. The Kier molecular flexibility index (Phi) is 7.43. The zero-order valence-electron chi connectivity index (χ0n) is 18.6. The number of ether oxygens (including phenoxy) is 2. The summed E-state index contributed by atoms with van der Waals surface area (Å²) in [4.78, 5) is 37.8. The molecule has 1 aliphatic heterocycles. The number of carbonyl (C=O) groups excluding carboxylic acids is 2. The number of nitrogens with zero attached hydrogens (tertiary/aromatic N) is 1. The molecule has 0 bridgehead atoms. The van der Waals surface area contributed by atoms with Crippen LogP contribution >= 0.6 is 23.4 Å². The smallest absolute Gasteiger partial charge is 0.335 e. The third-order valence-corrected chi connectivity index (χ3v) is 6.37. The largest absolute Gasteiger partial charge is 0.493 e. The van der Waals surface area contributed by atoms with Gasteiger partial charge in [-0.15, -0.1) is 0 Å². The van der Waals surface area contributed by atoms with Crippen molar-refractivity contribution in [3.05, 3.63) is 98.9 Å². The van der Waals surface area contributed by atoms with E-state index in [1.54, 1.807) is 60.7 Å². The molecule has 1 N–H and O–H groups in total. The second-order valence-corrected chi connectivity index (χ2v) is 9.02. The number of aromatic carboxylic acids is 1. The first kappa shape index (κ1) is 24.4. The second-order valence-electron chi connectivity index (χ2n) is 7.60. The van der Waals surface area contributed by atoms with Gasteiger partial charge in [0.2, 0.25) is 0 Å². The summed E-state index contributed by atoms with van der Waals surface area (Å²) in [5.41, 5.74) is 2.49. The summed E-state index contributed by atoms with van der Waals surface area (Å²) in [6.07, 6.45) is 1.64. The molecule has 1 heterocycles. The van der Waals surface area contributed by atoms with Gasteiger partial charge in [0.25, 0.3) is 11.1 Å². The van der Waals surface area contributed by atoms with Gasteiger partial charge in [0.15, 0.2) is 11.5 Å². The number of thioether (sulfide) groups is 1. The summed E-state index contributed by atoms with van der Waals surface area (Å²) in [7, 11) is 1.51. The Bertz CT molecular complexity index is 1300. The quantitative estimate of drug-likeness (QED) is 0.380. The first-order valence-corrected chi connectivity index (χ1v) is 11.7. The van der Waals surface area contributed by atoms with Crippen LogP contribution < -0.4 is 9.47 Å². The highest BCUT2D eigenvalue weighted by atomic mass is 35.5. The summed E-state index contributed by atoms with van der Waals surface area (Å²) in [6, 6.07) is 18.6. The van der Waals surface area contributed by atoms with Crippen LogP contribution in [0.4, 0.5) is 4.79 Å². The number of carboxylic acids is 1. The first-order valence-electron chi connectivity index (χ1n) is 10.5. The lowest BCUT2D eigenvalue weighted by atomic mass is 10.1. The normalized spacial score (nSPS) is 14.5. The fourth-order valence-electron chi connectivity index (χ4n) is 3.36. The fraction of sp³-hybridized carbons (Fsp3) is 0.115. The van der Waals surface area contributed by atoms with E-state index in [-0.39, 0.29) is 29.9 Å². The third kappa shape index (κ3) is 5.85. The molecule has 0 aliphatic carbocycles. The van der Waals surface area contributed by atoms with Crippen molar-refractivity contribution < 1.29 is 29.0 Å². The number of halogens is 1. The fourth-order valence-corrected chi connectivity index (χ4v) is 4.32. The van der Waals surface area contributed by atoms with Crippen molar-refractivity contribution in [2.45, 2.75) is 13.2 Å². The van der Waals surface area contributed by atoms with E-state index in [0.717, 1.165) is 22.9 Å². The average Bonchev–Trinajstić information content (AvgIpc) is 3.11. The summed E-state index contributed by atoms with van der Waals surface area (Å²) < 4.78 is 11.3. The number of hydrogen-bond donors (Lipinski definition) is 1. The molecule has 0 atom stereocenters. The van der Waals surface area contributed by atoms with Gasteiger partial charge in [-0.05, 0) is 70.9 Å². The molecule has 0 saturated carbocycles. The van der Waals surface area contributed by atoms with Gasteiger partial charge >= 0.3 is 5.97 Å². The number of carboxylic acid groups (broad SMARTS) is 1. The third-order valence-electron chi connectivity index (χ3n) is 5.21. The molecule has 178 valence electrons. The van der Waals surface area contributed by atoms with Crippen LogP contribution in [0.1, 0.15) is 27.0 Å². The number of benzene rings is 3. The maximum Gasteiger partial charge on any atom is 0.335 e. The molecule has 4 rings (SSSR count). The zero-order valence-corrected chi connectivity index (χ0v) is 20.1. The number of imide groups is 1. The van der Waals surface area contributed by atoms with Crippen molar-refractivity contribution in [1.29, 1.82) is 0 Å². The van der Waals surface area contributed by atoms with E-state index in [0.29, 0.717) is 27.0 Å². The standard InChI is InChI=1S/C26H20ClNO6S/c1-33-22-12-18(6-11-21(22)34-15-17-2-7-19(8-3-17)25(30)31)13-23-24(29)28(26(32)35-23)14-16-4-9-20(27)10-5-16/h2-13H,14-15H2,1H3,(H,30,31)/b23-13-. The lowest BCUT2D eigenvalue weighted by Gasteiger charge is -2.12. The van der Waals surface area contributed by atoms with E-state index >= 15 is 0 Å². The van der Waals surface area contributed by atoms with Crippen molar-refractivity contribution >= 4 is 46.6 Å². The van der Waals surface area contributed by atoms with E-state index < -0.39 is 5.97 Å². The minimum absolute atomic E-state index is 0.169. The summed E-state index contributed by atoms with van der Waals surface area (Å²) in [6.45, 7) is 0.391. The maximum absolute atomic E-state index is 12.8. The Morgan fingerprint density at radius 1 is 1.00 bits per heavy atom. The molecule has 0 spiro atoms. The van der Waals surface area contributed by atoms with E-state index in [4.69, 9.17) is 26.2 Å². The van der Waals surface area contributed by atoms with Gasteiger partial charge in [0, 0.05) is 5.02 Å². The van der Waals surface area contributed by atoms with Crippen molar-refractivity contribution in [3.8, 4) is 11.5 Å². The van der Waals surface area contributed by atoms with Gasteiger partial charge in [0.05, 0.1) is 24.1 Å². The van der Waals surface area contributed by atoms with Gasteiger partial charge in [-0.1, -0.05) is 41.9 Å². The minimum Gasteiger partial charge on any atom is -0.493 e. The lowest BCUT2D eigenvalue weighted by molar-refractivity contribution is -0.123. The zero-order chi connectivity index (χ0) is 24.9. The molecule has 0 radical (unpaired) electrons. The predicted molar refractivity (Wildman–Crippen MR) is 134 cm³/mol. The van der Waals surface area contributed by atoms with Crippen LogP contribution in [0.3, 0.4) is 0 Å². The van der Waals surface area contributed by atoms with Gasteiger partial charge in [-0.2, -0.15) is 0 Å². The monoisotopic (exact) mass is 509 g/mol. The van der Waals surface area contributed by atoms with Crippen LogP contribution in [0, 0.1) is 0 Å². The highest BCUT2D eigenvalue weighted by Gasteiger charge is 2.35. The molecule has 0 aromatic heterocycles. The molecule has 35 heavy (non-hydrogen) atoms. The molecule has 2 amide bonds. The van der Waals surface area contributed by atoms with Crippen molar-refractivity contribution in [2.24, 2.45) is 0 Å². The Balaban J connectivity index is 1.45. The molecule has 1 fully saturated rings. The number of carbonyl (C=O) groups is 3. The molecule has 1 aliphatic rings. The number of amides is 2. The van der Waals surface area contributed by atoms with Crippen molar-refractivity contribution in [1.82, 2.24) is 4.90 Å². The summed E-state index contributed by atoms with van der Waals surface area (Å²) >= 11 is 6.79. The Hall–Kier alpha value is -3.75. The number of methoxy groups -OCH3 is 1. The lowest BCUT2D eigenvalue weighted by Crippen LogP contribution is -2.27. The second kappa shape index (κ2) is 10.7. The molecule has 0 unspecified atom stereocenters. The van der Waals surface area contributed by atoms with Crippen LogP contribution in [-0.4, -0.2) is 34.2 Å². The SMILES string of the molecule is COc1cc(/C=C2\SC(=O)N(Cc3ccc(Cl)cc3)C2=O)ccc1OCc1ccc(C(=O)O)cc1. The van der Waals surface area contributed by atoms with E-state index in [1.807, 2.05) is 0 Å². The van der Waals surface area contributed by atoms with Crippen LogP contribution in [0.15, 0.2) is 71.6 Å². The van der Waals surface area contributed by atoms with Crippen LogP contribution in [0.2, 0.25) is 5.02 Å². The topological polar surface area (TPSA) is 93.1 Å². The van der Waals surface area contributed by atoms with E-state index in [9.17, 15) is 14.4 Å². The highest BCUT2D eigenvalue weighted by molar-refractivity contribution is 8.18. The first-order chi connectivity index (χ1) is 16.8. The predicted octanol–water partition coefficient (Wildman–Crippen LogP) is 5.86. The molecule has 7 nitrogen and oxygen atoms in total. The van der Waals surface area contributed by atoms with Crippen LogP contribution in [-0.2, 0) is 17.9 Å². The van der Waals surface area contributed by atoms with Crippen LogP contribution in [0.5, 0.6) is 11.5 Å². The Morgan fingerprint density at radius 3 is 2.34 bits per heavy atom. The molecule has 3 aromatic carbocycles. The highest BCUT2D eigenvalue weighted by Crippen LogP contribution is 2.35. The van der Waals surface area contributed by atoms with Crippen molar-refractivity contribution in [2.75, 3.05) is 7.11 Å².